The van der Waals surface area contributed by atoms with E-state index in [2.05, 4.69) is 74.4 Å². The lowest BCUT2D eigenvalue weighted by Crippen LogP contribution is -2.40. The summed E-state index contributed by atoms with van der Waals surface area (Å²) in [5.74, 6) is 0.507. The Hall–Kier alpha value is -1.60. The van der Waals surface area contributed by atoms with Crippen LogP contribution in [0.3, 0.4) is 0 Å². The maximum Gasteiger partial charge on any atom is 0.0240 e. The van der Waals surface area contributed by atoms with Crippen LogP contribution in [0.2, 0.25) is 0 Å². The lowest BCUT2D eigenvalue weighted by atomic mass is 9.70. The monoisotopic (exact) mass is 279 g/mol. The number of fused-ring (bicyclic) bond motifs is 1. The first-order chi connectivity index (χ1) is 10.0. The third-order valence-electron chi connectivity index (χ3n) is 5.30. The van der Waals surface area contributed by atoms with E-state index in [0.717, 1.165) is 19.5 Å². The fourth-order valence-corrected chi connectivity index (χ4v) is 3.75. The van der Waals surface area contributed by atoms with Crippen LogP contribution >= 0.6 is 0 Å². The van der Waals surface area contributed by atoms with Crippen molar-refractivity contribution in [2.75, 3.05) is 6.54 Å². The summed E-state index contributed by atoms with van der Waals surface area (Å²) in [6.45, 7) is 15.0. The molecular weight excluding hydrogens is 254 g/mol. The molecule has 1 nitrogen and oxygen atoms in total. The Bertz CT molecular complexity index is 583. The van der Waals surface area contributed by atoms with E-state index in [9.17, 15) is 0 Å². The van der Waals surface area contributed by atoms with Gasteiger partial charge in [-0.1, -0.05) is 73.7 Å². The highest BCUT2D eigenvalue weighted by Gasteiger charge is 2.47. The number of hydrogen-bond donors (Lipinski definition) is 0. The van der Waals surface area contributed by atoms with E-state index in [1.54, 1.807) is 0 Å². The van der Waals surface area contributed by atoms with Crippen molar-refractivity contribution in [3.63, 3.8) is 0 Å². The van der Waals surface area contributed by atoms with Crippen molar-refractivity contribution >= 4 is 0 Å². The molecule has 0 bridgehead atoms. The van der Waals surface area contributed by atoms with Crippen LogP contribution in [0.1, 0.15) is 25.8 Å². The van der Waals surface area contributed by atoms with Crippen molar-refractivity contribution < 1.29 is 0 Å². The normalized spacial score (nSPS) is 32.2. The number of nitrogens with zero attached hydrogens (tertiary/aromatic N) is 1. The fraction of sp³-hybridized carbons (Fsp3) is 0.400. The Kier molecular flexibility index (Phi) is 3.62. The molecule has 0 spiro atoms. The lowest BCUT2D eigenvalue weighted by Gasteiger charge is -2.39. The van der Waals surface area contributed by atoms with Gasteiger partial charge in [0.15, 0.2) is 0 Å². The highest BCUT2D eigenvalue weighted by molar-refractivity contribution is 5.33. The second-order valence-corrected chi connectivity index (χ2v) is 6.84. The van der Waals surface area contributed by atoms with Crippen molar-refractivity contribution in [2.24, 2.45) is 11.3 Å². The molecule has 0 unspecified atom stereocenters. The second-order valence-electron chi connectivity index (χ2n) is 6.84. The van der Waals surface area contributed by atoms with Gasteiger partial charge < -0.3 is 0 Å². The standard InChI is InChI=1S/C20H25N/c1-15(2)18-10-11-20(4)16(3)13-21(19(20)12-18)14-17-8-6-5-7-9-17/h5-11,18-19H,1,3,12-14H2,2,4H3/t18-,19-,20-/m0/s1. The minimum absolute atomic E-state index is 0.126. The Morgan fingerprint density at radius 1 is 1.33 bits per heavy atom. The molecule has 1 aliphatic carbocycles. The van der Waals surface area contributed by atoms with Crippen LogP contribution in [0, 0.1) is 11.3 Å². The molecule has 2 aliphatic rings. The van der Waals surface area contributed by atoms with E-state index < -0.39 is 0 Å². The van der Waals surface area contributed by atoms with E-state index >= 15 is 0 Å². The van der Waals surface area contributed by atoms with Crippen LogP contribution in [0.25, 0.3) is 0 Å². The van der Waals surface area contributed by atoms with Gasteiger partial charge in [0.05, 0.1) is 0 Å². The van der Waals surface area contributed by atoms with E-state index in [-0.39, 0.29) is 5.41 Å². The molecule has 1 aromatic carbocycles. The minimum Gasteiger partial charge on any atom is -0.291 e. The van der Waals surface area contributed by atoms with Crippen LogP contribution in [0.5, 0.6) is 0 Å². The average Bonchev–Trinajstić information content (AvgIpc) is 2.71. The Labute approximate surface area is 128 Å². The molecule has 1 heteroatoms. The van der Waals surface area contributed by atoms with Gasteiger partial charge in [-0.2, -0.15) is 0 Å². The fourth-order valence-electron chi connectivity index (χ4n) is 3.75. The first-order valence-electron chi connectivity index (χ1n) is 7.81. The summed E-state index contributed by atoms with van der Waals surface area (Å²) in [6.07, 6.45) is 5.89. The predicted molar refractivity (Wildman–Crippen MR) is 89.9 cm³/mol. The Morgan fingerprint density at radius 3 is 2.71 bits per heavy atom. The van der Waals surface area contributed by atoms with E-state index in [4.69, 9.17) is 0 Å². The molecule has 1 aliphatic heterocycles. The minimum atomic E-state index is 0.126. The molecule has 3 rings (SSSR count). The molecule has 0 amide bonds. The quantitative estimate of drug-likeness (QED) is 0.732. The maximum atomic E-state index is 4.36. The van der Waals surface area contributed by atoms with Gasteiger partial charge in [0.2, 0.25) is 0 Å². The van der Waals surface area contributed by atoms with Crippen LogP contribution < -0.4 is 0 Å². The van der Waals surface area contributed by atoms with Crippen LogP contribution in [-0.4, -0.2) is 17.5 Å². The third-order valence-corrected chi connectivity index (χ3v) is 5.30. The summed E-state index contributed by atoms with van der Waals surface area (Å²) in [5.41, 5.74) is 4.13. The molecule has 1 fully saturated rings. The number of rotatable bonds is 3. The zero-order chi connectivity index (χ0) is 15.0. The summed E-state index contributed by atoms with van der Waals surface area (Å²) < 4.78 is 0. The van der Waals surface area contributed by atoms with Gasteiger partial charge in [0, 0.05) is 24.5 Å². The molecule has 0 N–H and O–H groups in total. The van der Waals surface area contributed by atoms with Gasteiger partial charge in [-0.25, -0.2) is 0 Å². The smallest absolute Gasteiger partial charge is 0.0240 e. The zero-order valence-corrected chi connectivity index (χ0v) is 13.2. The number of benzene rings is 1. The molecule has 21 heavy (non-hydrogen) atoms. The highest BCUT2D eigenvalue weighted by atomic mass is 15.2. The van der Waals surface area contributed by atoms with Crippen molar-refractivity contribution in [3.8, 4) is 0 Å². The summed E-state index contributed by atoms with van der Waals surface area (Å²) in [5, 5.41) is 0. The first-order valence-corrected chi connectivity index (χ1v) is 7.81. The molecule has 0 radical (unpaired) electrons. The number of allylic oxidation sites excluding steroid dienone is 2. The highest BCUT2D eigenvalue weighted by Crippen LogP contribution is 2.48. The average molecular weight is 279 g/mol. The molecule has 110 valence electrons. The van der Waals surface area contributed by atoms with Crippen molar-refractivity contribution in [1.29, 1.82) is 0 Å². The maximum absolute atomic E-state index is 4.36. The largest absolute Gasteiger partial charge is 0.291 e. The summed E-state index contributed by atoms with van der Waals surface area (Å²) >= 11 is 0. The Balaban J connectivity index is 1.86. The molecule has 1 aromatic rings. The molecule has 0 aromatic heterocycles. The van der Waals surface area contributed by atoms with Gasteiger partial charge >= 0.3 is 0 Å². The van der Waals surface area contributed by atoms with Gasteiger partial charge in [-0.15, -0.1) is 0 Å². The SMILES string of the molecule is C=C(C)[C@H]1C=C[C@@]2(C)C(=C)CN(Cc3ccccc3)[C@H]2C1. The molecular formula is C20H25N. The van der Waals surface area contributed by atoms with Crippen molar-refractivity contribution in [2.45, 2.75) is 32.9 Å². The second kappa shape index (κ2) is 5.31. The van der Waals surface area contributed by atoms with Gasteiger partial charge in [-0.05, 0) is 24.8 Å². The van der Waals surface area contributed by atoms with E-state index in [0.29, 0.717) is 12.0 Å². The van der Waals surface area contributed by atoms with Crippen molar-refractivity contribution in [1.82, 2.24) is 4.90 Å². The summed E-state index contributed by atoms with van der Waals surface area (Å²) in [6, 6.07) is 11.3. The van der Waals surface area contributed by atoms with Gasteiger partial charge in [0.1, 0.15) is 0 Å². The van der Waals surface area contributed by atoms with Crippen LogP contribution in [-0.2, 0) is 6.54 Å². The third kappa shape index (κ3) is 2.51. The summed E-state index contributed by atoms with van der Waals surface area (Å²) in [7, 11) is 0. The number of hydrogen-bond acceptors (Lipinski definition) is 1. The first kappa shape index (κ1) is 14.3. The molecule has 1 saturated heterocycles. The lowest BCUT2D eigenvalue weighted by molar-refractivity contribution is 0.166. The topological polar surface area (TPSA) is 3.24 Å². The molecule has 0 saturated carbocycles. The Morgan fingerprint density at radius 2 is 2.05 bits per heavy atom. The van der Waals surface area contributed by atoms with Crippen LogP contribution in [0.4, 0.5) is 0 Å². The predicted octanol–water partition coefficient (Wildman–Crippen LogP) is 4.59. The molecule has 3 atom stereocenters. The van der Waals surface area contributed by atoms with Crippen molar-refractivity contribution in [3.05, 3.63) is 72.4 Å². The van der Waals surface area contributed by atoms with Gasteiger partial charge in [-0.3, -0.25) is 4.90 Å². The molecule has 1 heterocycles. The van der Waals surface area contributed by atoms with E-state index in [1.165, 1.54) is 16.7 Å². The number of likely N-dealkylation sites (tertiary alicyclic amines) is 1. The zero-order valence-electron chi connectivity index (χ0n) is 13.2. The van der Waals surface area contributed by atoms with E-state index in [1.807, 2.05) is 0 Å². The van der Waals surface area contributed by atoms with Gasteiger partial charge in [0.25, 0.3) is 0 Å². The van der Waals surface area contributed by atoms with Crippen LogP contribution in [0.15, 0.2) is 66.8 Å². The summed E-state index contributed by atoms with van der Waals surface area (Å²) in [4.78, 5) is 2.59.